The number of para-hydroxylation sites is 1. The zero-order valence-corrected chi connectivity index (χ0v) is 17.1. The molecule has 3 rings (SSSR count). The number of benzene rings is 3. The molecule has 0 aromatic heterocycles. The highest BCUT2D eigenvalue weighted by Gasteiger charge is 2.14. The average Bonchev–Trinajstić information content (AvgIpc) is 2.70. The van der Waals surface area contributed by atoms with E-state index in [4.69, 9.17) is 4.74 Å². The lowest BCUT2D eigenvalue weighted by Crippen LogP contribution is -2.27. The highest BCUT2D eigenvalue weighted by molar-refractivity contribution is 14.1. The molecule has 0 aliphatic heterocycles. The van der Waals surface area contributed by atoms with Crippen molar-refractivity contribution in [3.05, 3.63) is 99.0 Å². The number of carbonyl (C=O) groups is 2. The summed E-state index contributed by atoms with van der Waals surface area (Å²) in [6.45, 7) is 0. The predicted octanol–water partition coefficient (Wildman–Crippen LogP) is 5.08. The number of hydrogen-bond donors (Lipinski definition) is 2. The Balaban J connectivity index is 1.76. The Bertz CT molecular complexity index is 1080. The van der Waals surface area contributed by atoms with Gasteiger partial charge in [0.05, 0.1) is 3.57 Å². The van der Waals surface area contributed by atoms with Crippen molar-refractivity contribution in [1.82, 2.24) is 5.32 Å². The Kier molecular flexibility index (Phi) is 6.61. The summed E-state index contributed by atoms with van der Waals surface area (Å²) < 4.78 is 20.0. The molecule has 3 aromatic rings. The third-order valence-electron chi connectivity index (χ3n) is 3.82. The maximum atomic E-state index is 13.3. The molecule has 0 fully saturated rings. The molecule has 0 unspecified atom stereocenters. The molecule has 2 N–H and O–H groups in total. The Morgan fingerprint density at radius 3 is 2.38 bits per heavy atom. The fourth-order valence-electron chi connectivity index (χ4n) is 2.43. The first kappa shape index (κ1) is 20.5. The molecule has 0 radical (unpaired) electrons. The number of hydrogen-bond acceptors (Lipinski definition) is 3. The molecule has 0 spiro atoms. The molecule has 3 aromatic carbocycles. The summed E-state index contributed by atoms with van der Waals surface area (Å²) >= 11 is 2.17. The number of nitrogens with one attached hydrogen (secondary N) is 1. The fraction of sp³-hybridized carbons (Fsp3) is 0. The summed E-state index contributed by atoms with van der Waals surface area (Å²) in [5.41, 5.74) is 0.251. The molecular weight excluding hydrogens is 488 g/mol. The number of carboxylic acid groups (broad SMARTS) is 1. The van der Waals surface area contributed by atoms with Gasteiger partial charge in [-0.3, -0.25) is 4.79 Å². The fourth-order valence-corrected chi connectivity index (χ4v) is 2.93. The van der Waals surface area contributed by atoms with E-state index in [-0.39, 0.29) is 11.3 Å². The van der Waals surface area contributed by atoms with Crippen molar-refractivity contribution in [2.75, 3.05) is 0 Å². The van der Waals surface area contributed by atoms with Crippen LogP contribution in [-0.4, -0.2) is 17.0 Å². The van der Waals surface area contributed by atoms with Crippen LogP contribution in [0.1, 0.15) is 15.9 Å². The van der Waals surface area contributed by atoms with Gasteiger partial charge in [0.15, 0.2) is 0 Å². The summed E-state index contributed by atoms with van der Waals surface area (Å²) in [5.74, 6) is -1.30. The number of carbonyl (C=O) groups excluding carboxylic acids is 1. The quantitative estimate of drug-likeness (QED) is 0.364. The van der Waals surface area contributed by atoms with Gasteiger partial charge in [0.2, 0.25) is 0 Å². The second kappa shape index (κ2) is 9.33. The van der Waals surface area contributed by atoms with E-state index in [0.29, 0.717) is 17.1 Å². The van der Waals surface area contributed by atoms with Crippen LogP contribution in [0, 0.1) is 9.39 Å². The Hall–Kier alpha value is -3.20. The average molecular weight is 503 g/mol. The van der Waals surface area contributed by atoms with Crippen LogP contribution in [0.2, 0.25) is 0 Å². The van der Waals surface area contributed by atoms with Gasteiger partial charge in [0, 0.05) is 5.56 Å². The number of aliphatic carboxylic acids is 1. The van der Waals surface area contributed by atoms with Gasteiger partial charge in [-0.25, -0.2) is 9.18 Å². The van der Waals surface area contributed by atoms with Crippen LogP contribution >= 0.6 is 22.6 Å². The monoisotopic (exact) mass is 503 g/mol. The third kappa shape index (κ3) is 5.64. The van der Waals surface area contributed by atoms with E-state index in [2.05, 4.69) is 27.9 Å². The molecule has 0 bridgehead atoms. The summed E-state index contributed by atoms with van der Waals surface area (Å²) in [6, 6.07) is 19.3. The predicted molar refractivity (Wildman–Crippen MR) is 115 cm³/mol. The molecule has 0 atom stereocenters. The second-order valence-corrected chi connectivity index (χ2v) is 7.09. The second-order valence-electron chi connectivity index (χ2n) is 5.93. The number of ether oxygens (including phenoxy) is 1. The molecule has 7 heteroatoms. The van der Waals surface area contributed by atoms with Crippen molar-refractivity contribution in [2.45, 2.75) is 0 Å². The summed E-state index contributed by atoms with van der Waals surface area (Å²) in [6.07, 6.45) is 1.32. The van der Waals surface area contributed by atoms with Crippen molar-refractivity contribution in [3.63, 3.8) is 0 Å². The van der Waals surface area contributed by atoms with E-state index < -0.39 is 17.7 Å². The minimum atomic E-state index is -1.31. The van der Waals surface area contributed by atoms with E-state index in [1.807, 2.05) is 24.3 Å². The SMILES string of the molecule is O=C(O)C(=Cc1ccc(Oc2ccccc2I)cc1)NC(=O)c1cccc(F)c1. The molecule has 0 aliphatic carbocycles. The summed E-state index contributed by atoms with van der Waals surface area (Å²) in [4.78, 5) is 23.7. The van der Waals surface area contributed by atoms with E-state index in [1.165, 1.54) is 24.3 Å². The molecule has 0 heterocycles. The van der Waals surface area contributed by atoms with Gasteiger partial charge in [-0.15, -0.1) is 0 Å². The van der Waals surface area contributed by atoms with Crippen LogP contribution < -0.4 is 10.1 Å². The zero-order valence-electron chi connectivity index (χ0n) is 14.9. The zero-order chi connectivity index (χ0) is 20.8. The molecule has 1 amide bonds. The summed E-state index contributed by atoms with van der Waals surface area (Å²) in [5, 5.41) is 11.7. The van der Waals surface area contributed by atoms with Crippen LogP contribution in [0.4, 0.5) is 4.39 Å². The number of carboxylic acids is 1. The van der Waals surface area contributed by atoms with Crippen molar-refractivity contribution in [2.24, 2.45) is 0 Å². The molecule has 29 heavy (non-hydrogen) atoms. The van der Waals surface area contributed by atoms with Crippen LogP contribution in [0.15, 0.2) is 78.5 Å². The van der Waals surface area contributed by atoms with Crippen molar-refractivity contribution >= 4 is 40.5 Å². The minimum absolute atomic E-state index is 0.0263. The standard InChI is InChI=1S/C22H15FINO4/c23-16-5-3-4-15(13-16)21(26)25-19(22(27)28)12-14-8-10-17(11-9-14)29-20-7-2-1-6-18(20)24/h1-13H,(H,25,26)(H,27,28). The van der Waals surface area contributed by atoms with Gasteiger partial charge in [0.1, 0.15) is 23.0 Å². The lowest BCUT2D eigenvalue weighted by Gasteiger charge is -2.09. The first-order valence-electron chi connectivity index (χ1n) is 8.47. The van der Waals surface area contributed by atoms with E-state index in [9.17, 15) is 19.1 Å². The first-order valence-corrected chi connectivity index (χ1v) is 9.54. The lowest BCUT2D eigenvalue weighted by atomic mass is 10.1. The minimum Gasteiger partial charge on any atom is -0.477 e. The van der Waals surface area contributed by atoms with Gasteiger partial charge in [-0.2, -0.15) is 0 Å². The van der Waals surface area contributed by atoms with Gasteiger partial charge < -0.3 is 15.2 Å². The Morgan fingerprint density at radius 2 is 1.72 bits per heavy atom. The maximum absolute atomic E-state index is 13.3. The molecular formula is C22H15FINO4. The normalized spacial score (nSPS) is 11.0. The topological polar surface area (TPSA) is 75.6 Å². The highest BCUT2D eigenvalue weighted by Crippen LogP contribution is 2.26. The highest BCUT2D eigenvalue weighted by atomic mass is 127. The maximum Gasteiger partial charge on any atom is 0.352 e. The molecule has 0 saturated heterocycles. The van der Waals surface area contributed by atoms with Gasteiger partial charge in [-0.05, 0) is 76.7 Å². The molecule has 0 aliphatic rings. The van der Waals surface area contributed by atoms with E-state index in [1.54, 1.807) is 24.3 Å². The first-order chi connectivity index (χ1) is 13.9. The van der Waals surface area contributed by atoms with Gasteiger partial charge >= 0.3 is 5.97 Å². The van der Waals surface area contributed by atoms with Crippen LogP contribution in [0.3, 0.4) is 0 Å². The van der Waals surface area contributed by atoms with Crippen LogP contribution in [0.25, 0.3) is 6.08 Å². The van der Waals surface area contributed by atoms with Gasteiger partial charge in [-0.1, -0.05) is 30.3 Å². The van der Waals surface area contributed by atoms with Crippen molar-refractivity contribution in [3.8, 4) is 11.5 Å². The molecule has 0 saturated carbocycles. The smallest absolute Gasteiger partial charge is 0.352 e. The summed E-state index contributed by atoms with van der Waals surface area (Å²) in [7, 11) is 0. The van der Waals surface area contributed by atoms with Crippen LogP contribution in [0.5, 0.6) is 11.5 Å². The molecule has 5 nitrogen and oxygen atoms in total. The Morgan fingerprint density at radius 1 is 1.00 bits per heavy atom. The van der Waals surface area contributed by atoms with E-state index >= 15 is 0 Å². The molecule has 146 valence electrons. The third-order valence-corrected chi connectivity index (χ3v) is 4.71. The number of rotatable bonds is 6. The lowest BCUT2D eigenvalue weighted by molar-refractivity contribution is -0.132. The van der Waals surface area contributed by atoms with Crippen molar-refractivity contribution < 1.29 is 23.8 Å². The Labute approximate surface area is 180 Å². The largest absolute Gasteiger partial charge is 0.477 e. The number of halogens is 2. The van der Waals surface area contributed by atoms with Crippen LogP contribution in [-0.2, 0) is 4.79 Å². The van der Waals surface area contributed by atoms with Gasteiger partial charge in [0.25, 0.3) is 5.91 Å². The van der Waals surface area contributed by atoms with Crippen molar-refractivity contribution in [1.29, 1.82) is 0 Å². The number of amides is 1. The van der Waals surface area contributed by atoms with E-state index in [0.717, 1.165) is 9.64 Å².